The molecule has 2 aromatic rings. The summed E-state index contributed by atoms with van der Waals surface area (Å²) in [6.45, 7) is 1.52. The van der Waals surface area contributed by atoms with Crippen LogP contribution in [0, 0.1) is 0 Å². The number of para-hydroxylation sites is 1. The number of benzene rings is 2. The summed E-state index contributed by atoms with van der Waals surface area (Å²) in [5.74, 6) is 1.99. The first-order valence-corrected chi connectivity index (χ1v) is 9.31. The largest absolute Gasteiger partial charge is 0.497 e. The molecule has 1 heterocycles. The Labute approximate surface area is 164 Å². The molecule has 6 nitrogen and oxygen atoms in total. The van der Waals surface area contributed by atoms with E-state index in [-0.39, 0.29) is 6.29 Å². The molecule has 2 aromatic carbocycles. The number of hydrogen-bond acceptors (Lipinski definition) is 6. The average Bonchev–Trinajstić information content (AvgIpc) is 2.70. The third kappa shape index (κ3) is 5.42. The highest BCUT2D eigenvalue weighted by Gasteiger charge is 2.15. The van der Waals surface area contributed by atoms with Gasteiger partial charge in [-0.1, -0.05) is 17.7 Å². The second-order valence-electron chi connectivity index (χ2n) is 6.09. The van der Waals surface area contributed by atoms with Gasteiger partial charge in [-0.3, -0.25) is 0 Å². The number of nitrogens with two attached hydrogens (primary N) is 1. The molecule has 1 unspecified atom stereocenters. The van der Waals surface area contributed by atoms with E-state index < -0.39 is 0 Å². The highest BCUT2D eigenvalue weighted by Crippen LogP contribution is 2.40. The number of halogens is 1. The number of hydrogen-bond donors (Lipinski definition) is 1. The number of anilines is 1. The Morgan fingerprint density at radius 1 is 1.15 bits per heavy atom. The number of ether oxygens (including phenoxy) is 5. The Kier molecular flexibility index (Phi) is 7.04. The van der Waals surface area contributed by atoms with Crippen molar-refractivity contribution in [2.45, 2.75) is 25.6 Å². The minimum atomic E-state index is -0.144. The van der Waals surface area contributed by atoms with Gasteiger partial charge in [0.2, 0.25) is 0 Å². The van der Waals surface area contributed by atoms with E-state index in [0.717, 1.165) is 25.9 Å². The van der Waals surface area contributed by atoms with Crippen LogP contribution in [0.4, 0.5) is 5.69 Å². The summed E-state index contributed by atoms with van der Waals surface area (Å²) in [7, 11) is 1.58. The second-order valence-corrected chi connectivity index (χ2v) is 6.50. The summed E-state index contributed by atoms with van der Waals surface area (Å²) in [4.78, 5) is 0. The molecule has 3 rings (SSSR count). The van der Waals surface area contributed by atoms with E-state index in [0.29, 0.717) is 46.9 Å². The molecule has 1 aliphatic heterocycles. The summed E-state index contributed by atoms with van der Waals surface area (Å²) >= 11 is 6.22. The SMILES string of the molecule is COc1ccc(Cl)c(Oc2c(N)cccc2OCCOC2CCCCO2)c1. The van der Waals surface area contributed by atoms with Gasteiger partial charge in [-0.15, -0.1) is 0 Å². The molecule has 1 aliphatic rings. The Balaban J connectivity index is 1.64. The van der Waals surface area contributed by atoms with Crippen molar-refractivity contribution in [2.75, 3.05) is 32.7 Å². The van der Waals surface area contributed by atoms with Crippen LogP contribution in [-0.4, -0.2) is 33.2 Å². The Bertz CT molecular complexity index is 749. The molecule has 0 saturated carbocycles. The molecule has 0 amide bonds. The molecule has 27 heavy (non-hydrogen) atoms. The predicted octanol–water partition coefficient (Wildman–Crippen LogP) is 4.65. The average molecular weight is 394 g/mol. The molecule has 1 saturated heterocycles. The maximum atomic E-state index is 6.22. The van der Waals surface area contributed by atoms with Gasteiger partial charge in [0.25, 0.3) is 0 Å². The lowest BCUT2D eigenvalue weighted by molar-refractivity contribution is -0.165. The van der Waals surface area contributed by atoms with Gasteiger partial charge in [0.15, 0.2) is 17.8 Å². The quantitative estimate of drug-likeness (QED) is 0.520. The molecule has 0 aliphatic carbocycles. The highest BCUT2D eigenvalue weighted by molar-refractivity contribution is 6.32. The van der Waals surface area contributed by atoms with E-state index in [1.54, 1.807) is 43.5 Å². The fourth-order valence-corrected chi connectivity index (χ4v) is 2.88. The van der Waals surface area contributed by atoms with E-state index in [2.05, 4.69) is 0 Å². The maximum Gasteiger partial charge on any atom is 0.192 e. The first-order valence-electron chi connectivity index (χ1n) is 8.93. The third-order valence-electron chi connectivity index (χ3n) is 4.14. The minimum absolute atomic E-state index is 0.144. The zero-order valence-corrected chi connectivity index (χ0v) is 16.0. The standard InChI is InChI=1S/C20H24ClNO5/c1-23-14-8-9-15(21)18(13-14)27-20-16(22)5-4-6-17(20)24-11-12-26-19-7-2-3-10-25-19/h4-6,8-9,13,19H,2-3,7,10-12,22H2,1H3. The molecule has 146 valence electrons. The first kappa shape index (κ1) is 19.6. The van der Waals surface area contributed by atoms with Crippen molar-refractivity contribution in [2.24, 2.45) is 0 Å². The van der Waals surface area contributed by atoms with Crippen LogP contribution in [0.25, 0.3) is 0 Å². The van der Waals surface area contributed by atoms with Crippen LogP contribution in [-0.2, 0) is 9.47 Å². The topological polar surface area (TPSA) is 72.2 Å². The Morgan fingerprint density at radius 2 is 2.04 bits per heavy atom. The van der Waals surface area contributed by atoms with Crippen molar-refractivity contribution in [1.82, 2.24) is 0 Å². The number of methoxy groups -OCH3 is 1. The van der Waals surface area contributed by atoms with Crippen LogP contribution < -0.4 is 19.9 Å². The van der Waals surface area contributed by atoms with Crippen LogP contribution in [0.1, 0.15) is 19.3 Å². The Morgan fingerprint density at radius 3 is 2.81 bits per heavy atom. The maximum absolute atomic E-state index is 6.22. The van der Waals surface area contributed by atoms with Gasteiger partial charge < -0.3 is 29.4 Å². The fraction of sp³-hybridized carbons (Fsp3) is 0.400. The summed E-state index contributed by atoms with van der Waals surface area (Å²) in [5, 5.41) is 0.447. The van der Waals surface area contributed by atoms with Crippen molar-refractivity contribution >= 4 is 17.3 Å². The van der Waals surface area contributed by atoms with Crippen LogP contribution in [0.15, 0.2) is 36.4 Å². The van der Waals surface area contributed by atoms with Gasteiger partial charge in [-0.2, -0.15) is 0 Å². The minimum Gasteiger partial charge on any atom is -0.497 e. The van der Waals surface area contributed by atoms with Crippen molar-refractivity contribution < 1.29 is 23.7 Å². The van der Waals surface area contributed by atoms with Crippen molar-refractivity contribution in [3.63, 3.8) is 0 Å². The summed E-state index contributed by atoms with van der Waals surface area (Å²) in [5.41, 5.74) is 6.53. The summed E-state index contributed by atoms with van der Waals surface area (Å²) in [6, 6.07) is 10.5. The fourth-order valence-electron chi connectivity index (χ4n) is 2.73. The van der Waals surface area contributed by atoms with E-state index in [9.17, 15) is 0 Å². The normalized spacial score (nSPS) is 16.7. The molecule has 1 atom stereocenters. The lowest BCUT2D eigenvalue weighted by Gasteiger charge is -2.22. The summed E-state index contributed by atoms with van der Waals surface area (Å²) < 4.78 is 28.2. The smallest absolute Gasteiger partial charge is 0.192 e. The molecule has 0 bridgehead atoms. The molecule has 0 aromatic heterocycles. The molecule has 7 heteroatoms. The van der Waals surface area contributed by atoms with Gasteiger partial charge >= 0.3 is 0 Å². The lowest BCUT2D eigenvalue weighted by atomic mass is 10.2. The molecule has 0 radical (unpaired) electrons. The van der Waals surface area contributed by atoms with Crippen LogP contribution >= 0.6 is 11.6 Å². The highest BCUT2D eigenvalue weighted by atomic mass is 35.5. The third-order valence-corrected chi connectivity index (χ3v) is 4.45. The number of rotatable bonds is 8. The molecular weight excluding hydrogens is 370 g/mol. The van der Waals surface area contributed by atoms with Crippen molar-refractivity contribution in [1.29, 1.82) is 0 Å². The van der Waals surface area contributed by atoms with E-state index >= 15 is 0 Å². The molecule has 2 N–H and O–H groups in total. The zero-order chi connectivity index (χ0) is 19.1. The molecular formula is C20H24ClNO5. The zero-order valence-electron chi connectivity index (χ0n) is 15.3. The molecule has 0 spiro atoms. The molecule has 1 fully saturated rings. The van der Waals surface area contributed by atoms with Gasteiger partial charge in [-0.25, -0.2) is 0 Å². The van der Waals surface area contributed by atoms with Gasteiger partial charge in [0, 0.05) is 12.7 Å². The van der Waals surface area contributed by atoms with E-state index in [4.69, 9.17) is 41.0 Å². The van der Waals surface area contributed by atoms with Crippen LogP contribution in [0.5, 0.6) is 23.0 Å². The van der Waals surface area contributed by atoms with E-state index in [1.807, 2.05) is 0 Å². The summed E-state index contributed by atoms with van der Waals surface area (Å²) in [6.07, 6.45) is 2.99. The monoisotopic (exact) mass is 393 g/mol. The van der Waals surface area contributed by atoms with Gasteiger partial charge in [-0.05, 0) is 43.5 Å². The number of nitrogen functional groups attached to an aromatic ring is 1. The lowest BCUT2D eigenvalue weighted by Crippen LogP contribution is -2.24. The first-order chi connectivity index (χ1) is 13.2. The second kappa shape index (κ2) is 9.69. The van der Waals surface area contributed by atoms with Crippen LogP contribution in [0.2, 0.25) is 5.02 Å². The Hall–Kier alpha value is -2.15. The van der Waals surface area contributed by atoms with Gasteiger partial charge in [0.1, 0.15) is 18.1 Å². The predicted molar refractivity (Wildman–Crippen MR) is 104 cm³/mol. The van der Waals surface area contributed by atoms with E-state index in [1.165, 1.54) is 0 Å². The van der Waals surface area contributed by atoms with Crippen LogP contribution in [0.3, 0.4) is 0 Å². The van der Waals surface area contributed by atoms with Crippen molar-refractivity contribution in [3.05, 3.63) is 41.4 Å². The van der Waals surface area contributed by atoms with Crippen molar-refractivity contribution in [3.8, 4) is 23.0 Å². The van der Waals surface area contributed by atoms with Gasteiger partial charge in [0.05, 0.1) is 24.4 Å².